The van der Waals surface area contributed by atoms with Gasteiger partial charge in [-0.25, -0.2) is 4.79 Å². The van der Waals surface area contributed by atoms with Crippen LogP contribution >= 0.6 is 11.3 Å². The number of carboxylic acids is 1. The van der Waals surface area contributed by atoms with Gasteiger partial charge in [-0.2, -0.15) is 0 Å². The third-order valence-electron chi connectivity index (χ3n) is 1.38. The highest BCUT2D eigenvalue weighted by molar-refractivity contribution is 7.12. The summed E-state index contributed by atoms with van der Waals surface area (Å²) in [6, 6.07) is 1.47. The van der Waals surface area contributed by atoms with Crippen LogP contribution < -0.4 is 0 Å². The van der Waals surface area contributed by atoms with Crippen molar-refractivity contribution in [1.29, 1.82) is 0 Å². The lowest BCUT2D eigenvalue weighted by Gasteiger charge is -1.88. The number of oxime groups is 1. The van der Waals surface area contributed by atoms with Crippen LogP contribution in [0.3, 0.4) is 0 Å². The minimum absolute atomic E-state index is 0.244. The lowest BCUT2D eigenvalue weighted by atomic mass is 10.2. The van der Waals surface area contributed by atoms with Crippen LogP contribution in [0.2, 0.25) is 0 Å². The van der Waals surface area contributed by atoms with Crippen molar-refractivity contribution in [2.75, 3.05) is 0 Å². The van der Waals surface area contributed by atoms with E-state index in [1.807, 2.05) is 0 Å². The van der Waals surface area contributed by atoms with Gasteiger partial charge in [0.05, 0.1) is 5.71 Å². The minimum Gasteiger partial charge on any atom is -0.477 e. The fourth-order valence-corrected chi connectivity index (χ4v) is 1.48. The van der Waals surface area contributed by atoms with Crippen molar-refractivity contribution in [2.24, 2.45) is 5.16 Å². The SMILES string of the molecule is C/C(=N\O)c1csc(C(=O)O)c1. The highest BCUT2D eigenvalue weighted by atomic mass is 32.1. The van der Waals surface area contributed by atoms with E-state index >= 15 is 0 Å². The molecule has 4 nitrogen and oxygen atoms in total. The molecular formula is C7H7NO3S. The van der Waals surface area contributed by atoms with E-state index in [-0.39, 0.29) is 4.88 Å². The van der Waals surface area contributed by atoms with Gasteiger partial charge >= 0.3 is 5.97 Å². The highest BCUT2D eigenvalue weighted by Gasteiger charge is 2.07. The zero-order valence-electron chi connectivity index (χ0n) is 6.31. The lowest BCUT2D eigenvalue weighted by Crippen LogP contribution is -1.93. The second-order valence-corrected chi connectivity index (χ2v) is 3.10. The maximum Gasteiger partial charge on any atom is 0.345 e. The van der Waals surface area contributed by atoms with Crippen molar-refractivity contribution in [3.63, 3.8) is 0 Å². The summed E-state index contributed by atoms with van der Waals surface area (Å²) in [6.07, 6.45) is 0. The third kappa shape index (κ3) is 1.62. The molecule has 0 saturated heterocycles. The summed E-state index contributed by atoms with van der Waals surface area (Å²) in [5, 5.41) is 21.5. The van der Waals surface area contributed by atoms with E-state index in [1.165, 1.54) is 6.07 Å². The van der Waals surface area contributed by atoms with Crippen LogP contribution in [0.25, 0.3) is 0 Å². The first-order chi connectivity index (χ1) is 5.65. The predicted molar refractivity (Wildman–Crippen MR) is 45.3 cm³/mol. The number of hydrogen-bond acceptors (Lipinski definition) is 4. The van der Waals surface area contributed by atoms with Crippen LogP contribution in [-0.2, 0) is 0 Å². The van der Waals surface area contributed by atoms with E-state index in [1.54, 1.807) is 12.3 Å². The average molecular weight is 185 g/mol. The maximum absolute atomic E-state index is 10.4. The van der Waals surface area contributed by atoms with E-state index in [0.29, 0.717) is 11.3 Å². The zero-order valence-corrected chi connectivity index (χ0v) is 7.13. The number of thiophene rings is 1. The van der Waals surface area contributed by atoms with E-state index in [0.717, 1.165) is 11.3 Å². The Kier molecular flexibility index (Phi) is 2.44. The molecule has 0 saturated carbocycles. The van der Waals surface area contributed by atoms with Crippen molar-refractivity contribution in [1.82, 2.24) is 0 Å². The molecule has 5 heteroatoms. The fraction of sp³-hybridized carbons (Fsp3) is 0.143. The Morgan fingerprint density at radius 2 is 2.33 bits per heavy atom. The Balaban J connectivity index is 2.99. The van der Waals surface area contributed by atoms with Gasteiger partial charge in [0.15, 0.2) is 0 Å². The molecule has 0 unspecified atom stereocenters. The molecule has 0 radical (unpaired) electrons. The normalized spacial score (nSPS) is 11.6. The standard InChI is InChI=1S/C7H7NO3S/c1-4(8-11)5-2-6(7(9)10)12-3-5/h2-3,11H,1H3,(H,9,10)/b8-4+. The molecule has 0 bridgehead atoms. The van der Waals surface area contributed by atoms with E-state index in [2.05, 4.69) is 5.16 Å². The zero-order chi connectivity index (χ0) is 9.14. The highest BCUT2D eigenvalue weighted by Crippen LogP contribution is 2.15. The van der Waals surface area contributed by atoms with Crippen LogP contribution in [0.1, 0.15) is 22.2 Å². The number of aromatic carboxylic acids is 1. The fourth-order valence-electron chi connectivity index (χ4n) is 0.696. The summed E-state index contributed by atoms with van der Waals surface area (Å²) in [7, 11) is 0. The molecule has 1 rings (SSSR count). The molecule has 12 heavy (non-hydrogen) atoms. The summed E-state index contributed by atoms with van der Waals surface area (Å²) in [6.45, 7) is 1.60. The quantitative estimate of drug-likeness (QED) is 0.418. The van der Waals surface area contributed by atoms with Crippen molar-refractivity contribution < 1.29 is 15.1 Å². The smallest absolute Gasteiger partial charge is 0.345 e. The summed E-state index contributed by atoms with van der Waals surface area (Å²) >= 11 is 1.11. The van der Waals surface area contributed by atoms with Crippen molar-refractivity contribution in [2.45, 2.75) is 6.92 Å². The van der Waals surface area contributed by atoms with E-state index in [9.17, 15) is 4.79 Å². The molecule has 0 aliphatic carbocycles. The Labute approximate surface area is 72.8 Å². The van der Waals surface area contributed by atoms with E-state index < -0.39 is 5.97 Å². The van der Waals surface area contributed by atoms with Gasteiger partial charge in [-0.05, 0) is 13.0 Å². The second kappa shape index (κ2) is 3.36. The van der Waals surface area contributed by atoms with Gasteiger partial charge in [0.2, 0.25) is 0 Å². The van der Waals surface area contributed by atoms with Crippen molar-refractivity contribution >= 4 is 23.0 Å². The average Bonchev–Trinajstić information content (AvgIpc) is 2.51. The number of rotatable bonds is 2. The van der Waals surface area contributed by atoms with Gasteiger partial charge in [-0.15, -0.1) is 11.3 Å². The summed E-state index contributed by atoms with van der Waals surface area (Å²) in [5.74, 6) is -0.961. The van der Waals surface area contributed by atoms with Gasteiger partial charge in [0, 0.05) is 10.9 Å². The molecule has 1 heterocycles. The van der Waals surface area contributed by atoms with Gasteiger partial charge < -0.3 is 10.3 Å². The van der Waals surface area contributed by atoms with Crippen LogP contribution in [0.15, 0.2) is 16.6 Å². The molecule has 0 spiro atoms. The molecule has 0 atom stereocenters. The number of carbonyl (C=O) groups is 1. The number of nitrogens with zero attached hydrogens (tertiary/aromatic N) is 1. The number of hydrogen-bond donors (Lipinski definition) is 2. The molecular weight excluding hydrogens is 178 g/mol. The minimum atomic E-state index is -0.961. The van der Waals surface area contributed by atoms with Gasteiger partial charge in [-0.3, -0.25) is 0 Å². The van der Waals surface area contributed by atoms with E-state index in [4.69, 9.17) is 10.3 Å². The van der Waals surface area contributed by atoms with Crippen molar-refractivity contribution in [3.05, 3.63) is 21.9 Å². The molecule has 1 aromatic rings. The predicted octanol–water partition coefficient (Wildman–Crippen LogP) is 1.64. The first-order valence-corrected chi connectivity index (χ1v) is 4.04. The molecule has 0 aromatic carbocycles. The van der Waals surface area contributed by atoms with Gasteiger partial charge in [0.1, 0.15) is 4.88 Å². The second-order valence-electron chi connectivity index (χ2n) is 2.19. The molecule has 64 valence electrons. The van der Waals surface area contributed by atoms with Gasteiger partial charge in [0.25, 0.3) is 0 Å². The van der Waals surface area contributed by atoms with Crippen LogP contribution in [0.4, 0.5) is 0 Å². The third-order valence-corrected chi connectivity index (χ3v) is 2.30. The Morgan fingerprint density at radius 1 is 1.67 bits per heavy atom. The van der Waals surface area contributed by atoms with Gasteiger partial charge in [-0.1, -0.05) is 5.16 Å². The largest absolute Gasteiger partial charge is 0.477 e. The molecule has 1 aromatic heterocycles. The molecule has 0 aliphatic rings. The number of carboxylic acid groups (broad SMARTS) is 1. The first kappa shape index (κ1) is 8.73. The lowest BCUT2D eigenvalue weighted by molar-refractivity contribution is 0.0702. The Bertz CT molecular complexity index is 329. The monoisotopic (exact) mass is 185 g/mol. The summed E-state index contributed by atoms with van der Waals surface area (Å²) in [5.41, 5.74) is 1.05. The summed E-state index contributed by atoms with van der Waals surface area (Å²) in [4.78, 5) is 10.7. The molecule has 0 aliphatic heterocycles. The van der Waals surface area contributed by atoms with Crippen molar-refractivity contribution in [3.8, 4) is 0 Å². The Morgan fingerprint density at radius 3 is 2.75 bits per heavy atom. The van der Waals surface area contributed by atoms with Crippen LogP contribution in [0.5, 0.6) is 0 Å². The van der Waals surface area contributed by atoms with Crippen LogP contribution in [-0.4, -0.2) is 22.0 Å². The molecule has 0 amide bonds. The summed E-state index contributed by atoms with van der Waals surface area (Å²) < 4.78 is 0. The molecule has 2 N–H and O–H groups in total. The van der Waals surface area contributed by atoms with Crippen LogP contribution in [0, 0.1) is 0 Å². The first-order valence-electron chi connectivity index (χ1n) is 3.16. The topological polar surface area (TPSA) is 69.9 Å². The Hall–Kier alpha value is -1.36. The molecule has 0 fully saturated rings. The maximum atomic E-state index is 10.4.